The Morgan fingerprint density at radius 3 is 2.46 bits per heavy atom. The molecule has 0 aliphatic rings. The standard InChI is InChI=1S/C21H31N3O3S/c1-15(13-17-7-6-12-28-17)14-24-21(22-2)23-11-10-16-8-9-18(25-3)20(27-5)19(16)26-4/h6-9,12,15H,10-11,13-14H2,1-5H3,(H2,22,23,24). The highest BCUT2D eigenvalue weighted by Crippen LogP contribution is 2.39. The van der Waals surface area contributed by atoms with Gasteiger partial charge in [-0.2, -0.15) is 0 Å². The van der Waals surface area contributed by atoms with E-state index in [0.717, 1.165) is 37.5 Å². The average Bonchev–Trinajstić information content (AvgIpc) is 3.22. The average molecular weight is 406 g/mol. The molecule has 0 aliphatic heterocycles. The number of nitrogens with one attached hydrogen (secondary N) is 2. The fourth-order valence-corrected chi connectivity index (χ4v) is 3.88. The fourth-order valence-electron chi connectivity index (χ4n) is 3.01. The van der Waals surface area contributed by atoms with E-state index < -0.39 is 0 Å². The maximum Gasteiger partial charge on any atom is 0.203 e. The molecule has 1 aromatic carbocycles. The fraction of sp³-hybridized carbons (Fsp3) is 0.476. The summed E-state index contributed by atoms with van der Waals surface area (Å²) in [6.45, 7) is 3.84. The van der Waals surface area contributed by atoms with Gasteiger partial charge in [-0.25, -0.2) is 0 Å². The number of nitrogens with zero attached hydrogens (tertiary/aromatic N) is 1. The zero-order valence-corrected chi connectivity index (χ0v) is 18.2. The lowest BCUT2D eigenvalue weighted by Crippen LogP contribution is -2.40. The van der Waals surface area contributed by atoms with Crippen LogP contribution >= 0.6 is 11.3 Å². The van der Waals surface area contributed by atoms with Gasteiger partial charge >= 0.3 is 0 Å². The summed E-state index contributed by atoms with van der Waals surface area (Å²) in [6, 6.07) is 8.19. The summed E-state index contributed by atoms with van der Waals surface area (Å²) >= 11 is 1.81. The quantitative estimate of drug-likeness (QED) is 0.469. The first kappa shape index (κ1) is 21.9. The van der Waals surface area contributed by atoms with E-state index in [-0.39, 0.29) is 0 Å². The molecule has 1 unspecified atom stereocenters. The van der Waals surface area contributed by atoms with Crippen LogP contribution in [0.15, 0.2) is 34.6 Å². The van der Waals surface area contributed by atoms with Crippen molar-refractivity contribution in [2.45, 2.75) is 19.8 Å². The van der Waals surface area contributed by atoms with E-state index in [1.54, 1.807) is 28.4 Å². The van der Waals surface area contributed by atoms with E-state index in [9.17, 15) is 0 Å². The topological polar surface area (TPSA) is 64.1 Å². The van der Waals surface area contributed by atoms with Gasteiger partial charge in [0.25, 0.3) is 0 Å². The molecule has 0 saturated carbocycles. The Labute approximate surface area is 171 Å². The van der Waals surface area contributed by atoms with Crippen molar-refractivity contribution in [1.82, 2.24) is 10.6 Å². The van der Waals surface area contributed by atoms with Crippen LogP contribution in [0.2, 0.25) is 0 Å². The molecular formula is C21H31N3O3S. The summed E-state index contributed by atoms with van der Waals surface area (Å²) in [6.07, 6.45) is 1.85. The van der Waals surface area contributed by atoms with Gasteiger partial charge in [-0.15, -0.1) is 11.3 Å². The molecule has 28 heavy (non-hydrogen) atoms. The number of guanidine groups is 1. The van der Waals surface area contributed by atoms with Crippen LogP contribution < -0.4 is 24.8 Å². The Morgan fingerprint density at radius 2 is 1.86 bits per heavy atom. The molecule has 0 radical (unpaired) electrons. The van der Waals surface area contributed by atoms with E-state index in [4.69, 9.17) is 14.2 Å². The van der Waals surface area contributed by atoms with Gasteiger partial charge in [0, 0.05) is 30.6 Å². The number of aliphatic imine (C=N–C) groups is 1. The lowest BCUT2D eigenvalue weighted by molar-refractivity contribution is 0.322. The van der Waals surface area contributed by atoms with Crippen molar-refractivity contribution in [2.24, 2.45) is 10.9 Å². The lowest BCUT2D eigenvalue weighted by atomic mass is 10.1. The van der Waals surface area contributed by atoms with Gasteiger partial charge in [0.2, 0.25) is 5.75 Å². The van der Waals surface area contributed by atoms with Gasteiger partial charge in [-0.05, 0) is 36.3 Å². The maximum absolute atomic E-state index is 5.54. The minimum Gasteiger partial charge on any atom is -0.493 e. The highest BCUT2D eigenvalue weighted by molar-refractivity contribution is 7.09. The van der Waals surface area contributed by atoms with E-state index >= 15 is 0 Å². The number of hydrogen-bond acceptors (Lipinski definition) is 5. The Morgan fingerprint density at radius 1 is 1.07 bits per heavy atom. The molecule has 1 atom stereocenters. The largest absolute Gasteiger partial charge is 0.493 e. The van der Waals surface area contributed by atoms with Crippen molar-refractivity contribution >= 4 is 17.3 Å². The van der Waals surface area contributed by atoms with Crippen LogP contribution in [0, 0.1) is 5.92 Å². The summed E-state index contributed by atoms with van der Waals surface area (Å²) in [5, 5.41) is 8.89. The first-order valence-electron chi connectivity index (χ1n) is 9.37. The van der Waals surface area contributed by atoms with Gasteiger partial charge in [-0.1, -0.05) is 19.1 Å². The normalized spacial score (nSPS) is 12.4. The molecule has 2 rings (SSSR count). The van der Waals surface area contributed by atoms with Crippen LogP contribution in [0.5, 0.6) is 17.2 Å². The van der Waals surface area contributed by atoms with Gasteiger partial charge in [-0.3, -0.25) is 4.99 Å². The van der Waals surface area contributed by atoms with Crippen LogP contribution in [-0.2, 0) is 12.8 Å². The lowest BCUT2D eigenvalue weighted by Gasteiger charge is -2.17. The zero-order valence-electron chi connectivity index (χ0n) is 17.4. The predicted molar refractivity (Wildman–Crippen MR) is 116 cm³/mol. The second kappa shape index (κ2) is 11.4. The van der Waals surface area contributed by atoms with E-state index in [0.29, 0.717) is 23.2 Å². The molecule has 0 saturated heterocycles. The minimum atomic E-state index is 0.531. The maximum atomic E-state index is 5.54. The van der Waals surface area contributed by atoms with Crippen LogP contribution in [0.4, 0.5) is 0 Å². The third-order valence-corrected chi connectivity index (χ3v) is 5.34. The summed E-state index contributed by atoms with van der Waals surface area (Å²) in [4.78, 5) is 5.73. The number of rotatable bonds is 10. The van der Waals surface area contributed by atoms with Crippen molar-refractivity contribution in [3.8, 4) is 17.2 Å². The van der Waals surface area contributed by atoms with Crippen LogP contribution in [0.25, 0.3) is 0 Å². The summed E-state index contributed by atoms with van der Waals surface area (Å²) < 4.78 is 16.3. The molecule has 0 amide bonds. The molecule has 0 bridgehead atoms. The second-order valence-corrected chi connectivity index (χ2v) is 7.54. The highest BCUT2D eigenvalue weighted by atomic mass is 32.1. The summed E-state index contributed by atoms with van der Waals surface area (Å²) in [5.41, 5.74) is 1.05. The van der Waals surface area contributed by atoms with Crippen LogP contribution in [-0.4, -0.2) is 47.4 Å². The Bertz CT molecular complexity index is 748. The first-order valence-corrected chi connectivity index (χ1v) is 10.3. The molecule has 7 heteroatoms. The SMILES string of the molecule is CN=C(NCCc1ccc(OC)c(OC)c1OC)NCC(C)Cc1cccs1. The Balaban J connectivity index is 1.85. The summed E-state index contributed by atoms with van der Waals surface area (Å²) in [5.74, 6) is 3.32. The van der Waals surface area contributed by atoms with Gasteiger partial charge in [0.15, 0.2) is 17.5 Å². The van der Waals surface area contributed by atoms with Gasteiger partial charge in [0.05, 0.1) is 21.3 Å². The third kappa shape index (κ3) is 6.05. The van der Waals surface area contributed by atoms with Crippen molar-refractivity contribution in [3.05, 3.63) is 40.1 Å². The molecule has 154 valence electrons. The zero-order chi connectivity index (χ0) is 20.4. The predicted octanol–water partition coefficient (Wildman–Crippen LogP) is 3.36. The molecule has 2 N–H and O–H groups in total. The number of hydrogen-bond donors (Lipinski definition) is 2. The second-order valence-electron chi connectivity index (χ2n) is 6.51. The van der Waals surface area contributed by atoms with Gasteiger partial charge in [0.1, 0.15) is 0 Å². The van der Waals surface area contributed by atoms with Crippen LogP contribution in [0.1, 0.15) is 17.4 Å². The van der Waals surface area contributed by atoms with Crippen molar-refractivity contribution in [3.63, 3.8) is 0 Å². The molecule has 0 spiro atoms. The van der Waals surface area contributed by atoms with Crippen molar-refractivity contribution < 1.29 is 14.2 Å². The molecule has 0 aliphatic carbocycles. The molecule has 1 heterocycles. The Kier molecular flexibility index (Phi) is 8.94. The van der Waals surface area contributed by atoms with Crippen molar-refractivity contribution in [2.75, 3.05) is 41.5 Å². The number of ether oxygens (including phenoxy) is 3. The molecule has 2 aromatic rings. The van der Waals surface area contributed by atoms with Gasteiger partial charge < -0.3 is 24.8 Å². The summed E-state index contributed by atoms with van der Waals surface area (Å²) in [7, 11) is 6.67. The number of thiophene rings is 1. The monoisotopic (exact) mass is 405 g/mol. The van der Waals surface area contributed by atoms with E-state index in [1.165, 1.54) is 4.88 Å². The molecule has 1 aromatic heterocycles. The number of benzene rings is 1. The minimum absolute atomic E-state index is 0.531. The molecule has 0 fully saturated rings. The number of methoxy groups -OCH3 is 3. The molecular weight excluding hydrogens is 374 g/mol. The molecule has 6 nitrogen and oxygen atoms in total. The van der Waals surface area contributed by atoms with Crippen molar-refractivity contribution in [1.29, 1.82) is 0 Å². The smallest absolute Gasteiger partial charge is 0.203 e. The Hall–Kier alpha value is -2.41. The first-order chi connectivity index (χ1) is 13.6. The van der Waals surface area contributed by atoms with E-state index in [2.05, 4.69) is 40.1 Å². The highest BCUT2D eigenvalue weighted by Gasteiger charge is 2.15. The third-order valence-electron chi connectivity index (χ3n) is 4.44. The van der Waals surface area contributed by atoms with E-state index in [1.807, 2.05) is 23.5 Å². The van der Waals surface area contributed by atoms with Crippen LogP contribution in [0.3, 0.4) is 0 Å².